The van der Waals surface area contributed by atoms with Gasteiger partial charge in [0.15, 0.2) is 0 Å². The first-order valence-corrected chi connectivity index (χ1v) is 4.38. The smallest absolute Gasteiger partial charge is 0.0426 e. The van der Waals surface area contributed by atoms with E-state index in [1.54, 1.807) is 0 Å². The van der Waals surface area contributed by atoms with Crippen molar-refractivity contribution in [2.24, 2.45) is 0 Å². The van der Waals surface area contributed by atoms with Gasteiger partial charge in [-0.25, -0.2) is 0 Å². The third kappa shape index (κ3) is 2.42. The molecule has 0 aliphatic rings. The summed E-state index contributed by atoms with van der Waals surface area (Å²) in [4.78, 5) is 2.14. The zero-order chi connectivity index (χ0) is 8.97. The van der Waals surface area contributed by atoms with Crippen molar-refractivity contribution in [2.75, 3.05) is 18.5 Å². The van der Waals surface area contributed by atoms with Crippen molar-refractivity contribution < 1.29 is 0 Å². The molecule has 0 aliphatic heterocycles. The fourth-order valence-corrected chi connectivity index (χ4v) is 1.26. The highest BCUT2D eigenvalue weighted by Gasteiger charge is 1.98. The molecule has 0 aliphatic carbocycles. The predicted octanol–water partition coefficient (Wildman–Crippen LogP) is 3.00. The predicted molar refractivity (Wildman–Crippen MR) is 54.7 cm³/mol. The van der Waals surface area contributed by atoms with Crippen LogP contribution in [0.5, 0.6) is 0 Å². The van der Waals surface area contributed by atoms with Crippen molar-refractivity contribution in [1.82, 2.24) is 0 Å². The number of rotatable bonds is 3. The Labute approximate surface area is 79.0 Å². The molecule has 0 saturated carbocycles. The molecular formula is C10H13ClN. The molecule has 65 valence electrons. The Balaban J connectivity index is 2.73. The molecule has 1 aromatic rings. The normalized spacial score (nSPS) is 9.92. The van der Waals surface area contributed by atoms with Crippen LogP contribution in [-0.2, 0) is 0 Å². The maximum absolute atomic E-state index is 5.85. The fraction of sp³-hybridized carbons (Fsp3) is 0.300. The molecule has 1 rings (SSSR count). The van der Waals surface area contributed by atoms with E-state index >= 15 is 0 Å². The van der Waals surface area contributed by atoms with Crippen LogP contribution in [-0.4, -0.2) is 13.6 Å². The third-order valence-corrected chi connectivity index (χ3v) is 1.98. The average Bonchev–Trinajstić information content (AvgIpc) is 2.05. The molecule has 0 saturated heterocycles. The minimum Gasteiger partial charge on any atom is -0.375 e. The second kappa shape index (κ2) is 4.36. The summed E-state index contributed by atoms with van der Waals surface area (Å²) in [7, 11) is 2.04. The van der Waals surface area contributed by atoms with Crippen molar-refractivity contribution in [2.45, 2.75) is 6.42 Å². The second-order valence-electron chi connectivity index (χ2n) is 2.75. The first kappa shape index (κ1) is 9.40. The summed E-state index contributed by atoms with van der Waals surface area (Å²) in [6.45, 7) is 4.76. The summed E-state index contributed by atoms with van der Waals surface area (Å²) >= 11 is 5.85. The number of hydrogen-bond donors (Lipinski definition) is 0. The Morgan fingerprint density at radius 3 is 2.83 bits per heavy atom. The Bertz CT molecular complexity index is 247. The van der Waals surface area contributed by atoms with Gasteiger partial charge < -0.3 is 4.90 Å². The monoisotopic (exact) mass is 182 g/mol. The van der Waals surface area contributed by atoms with Gasteiger partial charge in [-0.15, -0.1) is 0 Å². The molecule has 0 amide bonds. The van der Waals surface area contributed by atoms with E-state index < -0.39 is 0 Å². The first-order valence-electron chi connectivity index (χ1n) is 4.00. The van der Waals surface area contributed by atoms with E-state index in [0.717, 1.165) is 23.7 Å². The van der Waals surface area contributed by atoms with Crippen LogP contribution >= 0.6 is 11.6 Å². The lowest BCUT2D eigenvalue weighted by molar-refractivity contribution is 0.897. The fourth-order valence-electron chi connectivity index (χ4n) is 1.08. The zero-order valence-corrected chi connectivity index (χ0v) is 8.01. The highest BCUT2D eigenvalue weighted by Crippen LogP contribution is 2.17. The van der Waals surface area contributed by atoms with Crippen LogP contribution in [0.15, 0.2) is 24.3 Å². The highest BCUT2D eigenvalue weighted by molar-refractivity contribution is 6.30. The van der Waals surface area contributed by atoms with Gasteiger partial charge in [0.05, 0.1) is 0 Å². The molecule has 0 bridgehead atoms. The molecule has 0 N–H and O–H groups in total. The topological polar surface area (TPSA) is 3.24 Å². The van der Waals surface area contributed by atoms with E-state index in [0.29, 0.717) is 0 Å². The summed E-state index contributed by atoms with van der Waals surface area (Å²) < 4.78 is 0. The summed E-state index contributed by atoms with van der Waals surface area (Å²) in [5.41, 5.74) is 1.14. The minimum atomic E-state index is 0.781. The van der Waals surface area contributed by atoms with Gasteiger partial charge >= 0.3 is 0 Å². The van der Waals surface area contributed by atoms with Crippen LogP contribution in [0.3, 0.4) is 0 Å². The van der Waals surface area contributed by atoms with Crippen LogP contribution in [0.4, 0.5) is 5.69 Å². The summed E-state index contributed by atoms with van der Waals surface area (Å²) in [6.07, 6.45) is 0.906. The molecule has 0 spiro atoms. The van der Waals surface area contributed by atoms with E-state index in [1.165, 1.54) is 0 Å². The molecule has 0 fully saturated rings. The van der Waals surface area contributed by atoms with Gasteiger partial charge in [0, 0.05) is 24.3 Å². The molecule has 0 aromatic heterocycles. The molecule has 1 nitrogen and oxygen atoms in total. The maximum Gasteiger partial charge on any atom is 0.0426 e. The summed E-state index contributed by atoms with van der Waals surface area (Å²) in [6, 6.07) is 7.83. The quantitative estimate of drug-likeness (QED) is 0.695. The van der Waals surface area contributed by atoms with Gasteiger partial charge in [0.1, 0.15) is 0 Å². The maximum atomic E-state index is 5.85. The standard InChI is InChI=1S/C10H13ClN/c1-3-7-12(2)10-6-4-5-9(11)8-10/h4-6,8H,1,3,7H2,2H3. The van der Waals surface area contributed by atoms with Gasteiger partial charge in [-0.1, -0.05) is 24.6 Å². The molecule has 0 heterocycles. The Morgan fingerprint density at radius 1 is 1.50 bits per heavy atom. The molecule has 1 radical (unpaired) electrons. The largest absolute Gasteiger partial charge is 0.375 e. The molecule has 0 atom stereocenters. The number of nitrogens with zero attached hydrogens (tertiary/aromatic N) is 1. The number of halogens is 1. The van der Waals surface area contributed by atoms with Crippen LogP contribution < -0.4 is 4.90 Å². The van der Waals surface area contributed by atoms with Gasteiger partial charge in [0.25, 0.3) is 0 Å². The highest BCUT2D eigenvalue weighted by atomic mass is 35.5. The summed E-state index contributed by atoms with van der Waals surface area (Å²) in [5, 5.41) is 0.781. The third-order valence-electron chi connectivity index (χ3n) is 1.74. The Morgan fingerprint density at radius 2 is 2.25 bits per heavy atom. The average molecular weight is 183 g/mol. The van der Waals surface area contributed by atoms with Gasteiger partial charge in [-0.2, -0.15) is 0 Å². The summed E-state index contributed by atoms with van der Waals surface area (Å²) in [5.74, 6) is 0. The van der Waals surface area contributed by atoms with Crippen molar-refractivity contribution in [3.8, 4) is 0 Å². The SMILES string of the molecule is [CH2]CCN(C)c1cccc(Cl)c1. The van der Waals surface area contributed by atoms with Gasteiger partial charge in [-0.3, -0.25) is 0 Å². The van der Waals surface area contributed by atoms with Gasteiger partial charge in [0.2, 0.25) is 0 Å². The lowest BCUT2D eigenvalue weighted by Gasteiger charge is -2.18. The van der Waals surface area contributed by atoms with Crippen molar-refractivity contribution in [3.63, 3.8) is 0 Å². The Kier molecular flexibility index (Phi) is 3.42. The van der Waals surface area contributed by atoms with E-state index in [4.69, 9.17) is 11.6 Å². The molecule has 0 unspecified atom stereocenters. The minimum absolute atomic E-state index is 0.781. The van der Waals surface area contributed by atoms with E-state index in [9.17, 15) is 0 Å². The van der Waals surface area contributed by atoms with E-state index in [-0.39, 0.29) is 0 Å². The van der Waals surface area contributed by atoms with Crippen LogP contribution in [0.2, 0.25) is 5.02 Å². The van der Waals surface area contributed by atoms with Crippen molar-refractivity contribution in [1.29, 1.82) is 0 Å². The van der Waals surface area contributed by atoms with E-state index in [2.05, 4.69) is 11.8 Å². The second-order valence-corrected chi connectivity index (χ2v) is 3.19. The zero-order valence-electron chi connectivity index (χ0n) is 7.26. The number of benzene rings is 1. The van der Waals surface area contributed by atoms with Crippen LogP contribution in [0.25, 0.3) is 0 Å². The lowest BCUT2D eigenvalue weighted by Crippen LogP contribution is -2.17. The van der Waals surface area contributed by atoms with Gasteiger partial charge in [-0.05, 0) is 24.6 Å². The van der Waals surface area contributed by atoms with Crippen molar-refractivity contribution in [3.05, 3.63) is 36.2 Å². The molecule has 2 heteroatoms. The van der Waals surface area contributed by atoms with Crippen molar-refractivity contribution >= 4 is 17.3 Å². The number of anilines is 1. The first-order chi connectivity index (χ1) is 5.74. The van der Waals surface area contributed by atoms with Crippen LogP contribution in [0, 0.1) is 6.92 Å². The molecular weight excluding hydrogens is 170 g/mol. The lowest BCUT2D eigenvalue weighted by atomic mass is 10.3. The van der Waals surface area contributed by atoms with Crippen LogP contribution in [0.1, 0.15) is 6.42 Å². The molecule has 1 aromatic carbocycles. The number of hydrogen-bond acceptors (Lipinski definition) is 1. The Hall–Kier alpha value is -0.690. The molecule has 12 heavy (non-hydrogen) atoms. The van der Waals surface area contributed by atoms with E-state index in [1.807, 2.05) is 31.3 Å².